The third kappa shape index (κ3) is 16.1. The molecule has 0 amide bonds. The molecule has 10 nitrogen and oxygen atoms in total. The number of hydrogen-bond acceptors (Lipinski definition) is 9. The molecule has 47 heavy (non-hydrogen) atoms. The van der Waals surface area contributed by atoms with Crippen molar-refractivity contribution in [3.05, 3.63) is 24.7 Å². The Hall–Kier alpha value is -3.01. The minimum absolute atomic E-state index is 0.0892. The van der Waals surface area contributed by atoms with Crippen LogP contribution in [0, 0.1) is 5.92 Å². The SMILES string of the molecule is CCCCCCCCC=CCCCCCCCCCCCC(=O)OCC(CC)(Cn1cnc2cnc(N)nc21)OC(=O)[C@@H](N)C(C)C. The molecule has 2 aromatic rings. The molecule has 0 saturated heterocycles. The van der Waals surface area contributed by atoms with Gasteiger partial charge in [0.1, 0.15) is 18.2 Å². The molecule has 0 aliphatic carbocycles. The molecular formula is C37H64N6O4. The number of hydrogen-bond donors (Lipinski definition) is 2. The van der Waals surface area contributed by atoms with Crippen LogP contribution in [0.25, 0.3) is 11.2 Å². The molecule has 4 N–H and O–H groups in total. The number of nitrogen functional groups attached to an aromatic ring is 1. The number of esters is 2. The Morgan fingerprint density at radius 3 is 2.02 bits per heavy atom. The summed E-state index contributed by atoms with van der Waals surface area (Å²) in [6.07, 6.45) is 29.8. The topological polar surface area (TPSA) is 148 Å². The zero-order valence-corrected chi connectivity index (χ0v) is 29.9. The van der Waals surface area contributed by atoms with E-state index in [1.807, 2.05) is 20.8 Å². The van der Waals surface area contributed by atoms with E-state index in [0.29, 0.717) is 24.0 Å². The van der Waals surface area contributed by atoms with Crippen molar-refractivity contribution in [2.45, 2.75) is 168 Å². The van der Waals surface area contributed by atoms with Crippen LogP contribution in [0.15, 0.2) is 24.7 Å². The van der Waals surface area contributed by atoms with Crippen molar-refractivity contribution in [2.24, 2.45) is 11.7 Å². The fraction of sp³-hybridized carbons (Fsp3) is 0.757. The minimum atomic E-state index is -1.14. The van der Waals surface area contributed by atoms with Gasteiger partial charge in [-0.2, -0.15) is 4.98 Å². The van der Waals surface area contributed by atoms with Gasteiger partial charge in [0, 0.05) is 6.42 Å². The lowest BCUT2D eigenvalue weighted by Gasteiger charge is -2.33. The second kappa shape index (κ2) is 23.3. The van der Waals surface area contributed by atoms with Crippen LogP contribution in [-0.2, 0) is 25.6 Å². The third-order valence-electron chi connectivity index (χ3n) is 8.93. The number of carbonyl (C=O) groups excluding carboxylic acids is 2. The molecule has 2 aromatic heterocycles. The molecule has 0 aliphatic rings. The summed E-state index contributed by atoms with van der Waals surface area (Å²) in [6, 6.07) is -0.796. The van der Waals surface area contributed by atoms with Gasteiger partial charge in [0.2, 0.25) is 5.95 Å². The van der Waals surface area contributed by atoms with Crippen molar-refractivity contribution in [2.75, 3.05) is 12.3 Å². The zero-order chi connectivity index (χ0) is 34.3. The van der Waals surface area contributed by atoms with Gasteiger partial charge in [-0.1, -0.05) is 117 Å². The van der Waals surface area contributed by atoms with Crippen molar-refractivity contribution in [1.82, 2.24) is 19.5 Å². The number of anilines is 1. The fourth-order valence-corrected chi connectivity index (χ4v) is 5.57. The summed E-state index contributed by atoms with van der Waals surface area (Å²) in [5.74, 6) is -0.820. The summed E-state index contributed by atoms with van der Waals surface area (Å²) in [6.45, 7) is 7.97. The molecule has 0 aliphatic heterocycles. The number of nitrogens with two attached hydrogens (primary N) is 2. The Balaban J connectivity index is 1.66. The van der Waals surface area contributed by atoms with Gasteiger partial charge in [-0.25, -0.2) is 9.97 Å². The molecule has 2 rings (SSSR count). The van der Waals surface area contributed by atoms with Gasteiger partial charge in [-0.05, 0) is 44.4 Å². The number of aromatic nitrogens is 4. The van der Waals surface area contributed by atoms with Crippen LogP contribution in [0.1, 0.15) is 150 Å². The second-order valence-corrected chi connectivity index (χ2v) is 13.4. The molecule has 2 atom stereocenters. The summed E-state index contributed by atoms with van der Waals surface area (Å²) in [4.78, 5) is 38.3. The Bertz CT molecular complexity index is 1180. The summed E-state index contributed by atoms with van der Waals surface area (Å²) in [5.41, 5.74) is 11.8. The highest BCUT2D eigenvalue weighted by Gasteiger charge is 2.37. The van der Waals surface area contributed by atoms with Gasteiger partial charge in [-0.3, -0.25) is 9.59 Å². The lowest BCUT2D eigenvalue weighted by molar-refractivity contribution is -0.177. The molecule has 266 valence electrons. The first-order valence-corrected chi connectivity index (χ1v) is 18.4. The van der Waals surface area contributed by atoms with Crippen LogP contribution in [0.5, 0.6) is 0 Å². The number of carbonyl (C=O) groups is 2. The maximum atomic E-state index is 12.9. The van der Waals surface area contributed by atoms with E-state index >= 15 is 0 Å². The van der Waals surface area contributed by atoms with E-state index in [0.717, 1.165) is 19.3 Å². The quantitative estimate of drug-likeness (QED) is 0.0551. The lowest BCUT2D eigenvalue weighted by atomic mass is 10.00. The summed E-state index contributed by atoms with van der Waals surface area (Å²) < 4.78 is 13.4. The molecule has 1 unspecified atom stereocenters. The van der Waals surface area contributed by atoms with Crippen molar-refractivity contribution < 1.29 is 19.1 Å². The molecule has 0 radical (unpaired) electrons. The molecule has 10 heteroatoms. The maximum absolute atomic E-state index is 12.9. The van der Waals surface area contributed by atoms with E-state index in [4.69, 9.17) is 20.9 Å². The number of allylic oxidation sites excluding steroid dienone is 2. The fourth-order valence-electron chi connectivity index (χ4n) is 5.57. The van der Waals surface area contributed by atoms with Crippen LogP contribution in [0.4, 0.5) is 5.95 Å². The normalized spacial score (nSPS) is 13.7. The van der Waals surface area contributed by atoms with E-state index in [2.05, 4.69) is 34.0 Å². The number of ether oxygens (including phenoxy) is 2. The second-order valence-electron chi connectivity index (χ2n) is 13.4. The molecule has 0 fully saturated rings. The predicted octanol–water partition coefficient (Wildman–Crippen LogP) is 8.22. The highest BCUT2D eigenvalue weighted by Crippen LogP contribution is 2.24. The zero-order valence-electron chi connectivity index (χ0n) is 29.9. The number of rotatable bonds is 27. The van der Waals surface area contributed by atoms with Gasteiger partial charge in [0.25, 0.3) is 0 Å². The van der Waals surface area contributed by atoms with Crippen molar-refractivity contribution >= 4 is 29.1 Å². The largest absolute Gasteiger partial charge is 0.461 e. The van der Waals surface area contributed by atoms with Crippen molar-refractivity contribution in [1.29, 1.82) is 0 Å². The first kappa shape index (κ1) is 40.2. The van der Waals surface area contributed by atoms with E-state index in [1.54, 1.807) is 17.1 Å². The Kier molecular flexibility index (Phi) is 19.9. The Morgan fingerprint density at radius 1 is 0.872 bits per heavy atom. The molecular weight excluding hydrogens is 592 g/mol. The highest BCUT2D eigenvalue weighted by atomic mass is 16.6. The minimum Gasteiger partial charge on any atom is -0.461 e. The van der Waals surface area contributed by atoms with Crippen LogP contribution >= 0.6 is 0 Å². The van der Waals surface area contributed by atoms with E-state index in [9.17, 15) is 9.59 Å². The van der Waals surface area contributed by atoms with Crippen LogP contribution < -0.4 is 11.5 Å². The Morgan fingerprint density at radius 2 is 1.45 bits per heavy atom. The van der Waals surface area contributed by atoms with E-state index < -0.39 is 17.6 Å². The highest BCUT2D eigenvalue weighted by molar-refractivity contribution is 5.76. The standard InChI is InChI=1S/C37H64N6O4/c1-5-7-8-9-10-11-12-13-14-15-16-17-18-19-20-21-22-23-24-25-32(44)46-28-37(6-2,47-35(45)33(38)30(3)4)27-43-29-41-31-26-40-36(39)42-34(31)43/h13-14,26,29-30,33H,5-12,15-25,27-28,38H2,1-4H3,(H2,39,40,42)/t33-,37?/m0/s1. The van der Waals surface area contributed by atoms with Gasteiger partial charge in [0.15, 0.2) is 11.2 Å². The van der Waals surface area contributed by atoms with Gasteiger partial charge in [0.05, 0.1) is 19.1 Å². The maximum Gasteiger partial charge on any atom is 0.323 e. The molecule has 0 spiro atoms. The van der Waals surface area contributed by atoms with Gasteiger partial charge in [-0.15, -0.1) is 0 Å². The van der Waals surface area contributed by atoms with E-state index in [1.165, 1.54) is 89.9 Å². The van der Waals surface area contributed by atoms with Crippen molar-refractivity contribution in [3.8, 4) is 0 Å². The van der Waals surface area contributed by atoms with Gasteiger partial charge >= 0.3 is 11.9 Å². The molecule has 2 heterocycles. The van der Waals surface area contributed by atoms with Gasteiger partial charge < -0.3 is 25.5 Å². The smallest absolute Gasteiger partial charge is 0.323 e. The van der Waals surface area contributed by atoms with Crippen molar-refractivity contribution in [3.63, 3.8) is 0 Å². The predicted molar refractivity (Wildman–Crippen MR) is 191 cm³/mol. The molecule has 0 saturated carbocycles. The summed E-state index contributed by atoms with van der Waals surface area (Å²) >= 11 is 0. The first-order chi connectivity index (χ1) is 22.7. The summed E-state index contributed by atoms with van der Waals surface area (Å²) in [7, 11) is 0. The van der Waals surface area contributed by atoms with E-state index in [-0.39, 0.29) is 31.0 Å². The number of unbranched alkanes of at least 4 members (excludes halogenated alkanes) is 15. The average molecular weight is 657 g/mol. The number of fused-ring (bicyclic) bond motifs is 1. The molecule has 0 bridgehead atoms. The lowest BCUT2D eigenvalue weighted by Crippen LogP contribution is -2.48. The third-order valence-corrected chi connectivity index (χ3v) is 8.93. The number of imidazole rings is 1. The Labute approximate surface area is 283 Å². The summed E-state index contributed by atoms with van der Waals surface area (Å²) in [5, 5.41) is 0. The molecule has 0 aromatic carbocycles. The monoisotopic (exact) mass is 656 g/mol. The average Bonchev–Trinajstić information content (AvgIpc) is 3.45. The van der Waals surface area contributed by atoms with Crippen LogP contribution in [0.3, 0.4) is 0 Å². The number of nitrogens with zero attached hydrogens (tertiary/aromatic N) is 4. The van der Waals surface area contributed by atoms with Crippen LogP contribution in [-0.4, -0.2) is 49.7 Å². The first-order valence-electron chi connectivity index (χ1n) is 18.4. The van der Waals surface area contributed by atoms with Crippen LogP contribution in [0.2, 0.25) is 0 Å².